The summed E-state index contributed by atoms with van der Waals surface area (Å²) in [5.74, 6) is 0. The first-order valence-corrected chi connectivity index (χ1v) is 5.31. The van der Waals surface area contributed by atoms with E-state index in [1.807, 2.05) is 0 Å². The van der Waals surface area contributed by atoms with Gasteiger partial charge in [0.15, 0.2) is 0 Å². The van der Waals surface area contributed by atoms with Gasteiger partial charge in [-0.15, -0.1) is 0 Å². The first kappa shape index (κ1) is 9.03. The van der Waals surface area contributed by atoms with Crippen LogP contribution < -0.4 is 10.6 Å². The van der Waals surface area contributed by atoms with Gasteiger partial charge in [-0.3, -0.25) is 0 Å². The van der Waals surface area contributed by atoms with Crippen LogP contribution in [-0.2, 0) is 0 Å². The first-order chi connectivity index (χ1) is 6.25. The monoisotopic (exact) mass is 240 g/mol. The van der Waals surface area contributed by atoms with Gasteiger partial charge >= 0.3 is 0 Å². The van der Waals surface area contributed by atoms with Crippen molar-refractivity contribution in [3.05, 3.63) is 28.7 Å². The fourth-order valence-corrected chi connectivity index (χ4v) is 1.94. The van der Waals surface area contributed by atoms with Crippen molar-refractivity contribution in [1.82, 2.24) is 0 Å². The van der Waals surface area contributed by atoms with E-state index < -0.39 is 0 Å². The van der Waals surface area contributed by atoms with Crippen molar-refractivity contribution in [2.75, 3.05) is 18.0 Å². The number of halogens is 1. The van der Waals surface area contributed by atoms with Crippen molar-refractivity contribution in [3.8, 4) is 0 Å². The second-order valence-electron chi connectivity index (χ2n) is 3.47. The molecule has 1 fully saturated rings. The average Bonchev–Trinajstić information content (AvgIpc) is 2.53. The third-order valence-corrected chi connectivity index (χ3v) is 2.95. The molecule has 1 aliphatic heterocycles. The molecule has 1 aromatic carbocycles. The van der Waals surface area contributed by atoms with Crippen molar-refractivity contribution in [2.45, 2.75) is 12.5 Å². The highest BCUT2D eigenvalue weighted by molar-refractivity contribution is 9.10. The largest absolute Gasteiger partial charge is 0.370 e. The molecule has 70 valence electrons. The predicted molar refractivity (Wildman–Crippen MR) is 58.9 cm³/mol. The number of rotatable bonds is 1. The standard InChI is InChI=1S/C10H13BrN2/c11-8-1-3-10(4-2-8)13-6-5-9(12)7-13/h1-4,9H,5-7,12H2/t9-/m1/s1. The zero-order valence-electron chi connectivity index (χ0n) is 7.41. The van der Waals surface area contributed by atoms with E-state index in [1.165, 1.54) is 5.69 Å². The molecule has 2 rings (SSSR count). The molecule has 0 spiro atoms. The predicted octanol–water partition coefficient (Wildman–Crippen LogP) is 1.99. The zero-order chi connectivity index (χ0) is 9.26. The summed E-state index contributed by atoms with van der Waals surface area (Å²) in [5, 5.41) is 0. The number of nitrogens with two attached hydrogens (primary N) is 1. The van der Waals surface area contributed by atoms with Crippen LogP contribution in [0, 0.1) is 0 Å². The Hall–Kier alpha value is -0.540. The third-order valence-electron chi connectivity index (χ3n) is 2.42. The minimum absolute atomic E-state index is 0.351. The van der Waals surface area contributed by atoms with E-state index >= 15 is 0 Å². The number of hydrogen-bond acceptors (Lipinski definition) is 2. The lowest BCUT2D eigenvalue weighted by Crippen LogP contribution is -2.26. The molecule has 0 saturated carbocycles. The summed E-state index contributed by atoms with van der Waals surface area (Å²) in [5.41, 5.74) is 7.12. The number of anilines is 1. The lowest BCUT2D eigenvalue weighted by Gasteiger charge is -2.17. The Balaban J connectivity index is 2.13. The summed E-state index contributed by atoms with van der Waals surface area (Å²) in [4.78, 5) is 2.33. The average molecular weight is 241 g/mol. The molecule has 1 aliphatic rings. The number of nitrogens with zero attached hydrogens (tertiary/aromatic N) is 1. The molecule has 3 heteroatoms. The Morgan fingerprint density at radius 3 is 2.54 bits per heavy atom. The van der Waals surface area contributed by atoms with Crippen molar-refractivity contribution in [3.63, 3.8) is 0 Å². The van der Waals surface area contributed by atoms with Crippen molar-refractivity contribution < 1.29 is 0 Å². The molecule has 13 heavy (non-hydrogen) atoms. The molecule has 2 nitrogen and oxygen atoms in total. The Morgan fingerprint density at radius 2 is 2.00 bits per heavy atom. The Labute approximate surface area is 86.9 Å². The molecule has 0 amide bonds. The van der Waals surface area contributed by atoms with Gasteiger partial charge in [0.25, 0.3) is 0 Å². The van der Waals surface area contributed by atoms with Gasteiger partial charge in [-0.2, -0.15) is 0 Å². The topological polar surface area (TPSA) is 29.3 Å². The van der Waals surface area contributed by atoms with Crippen molar-refractivity contribution >= 4 is 21.6 Å². The summed E-state index contributed by atoms with van der Waals surface area (Å²) in [6.07, 6.45) is 1.11. The van der Waals surface area contributed by atoms with Crippen LogP contribution in [0.25, 0.3) is 0 Å². The highest BCUT2D eigenvalue weighted by Gasteiger charge is 2.18. The van der Waals surface area contributed by atoms with Crippen LogP contribution in [0.2, 0.25) is 0 Å². The van der Waals surface area contributed by atoms with Crippen LogP contribution in [0.15, 0.2) is 28.7 Å². The third kappa shape index (κ3) is 2.03. The van der Waals surface area contributed by atoms with Gasteiger partial charge < -0.3 is 10.6 Å². The summed E-state index contributed by atoms with van der Waals surface area (Å²) >= 11 is 3.42. The second-order valence-corrected chi connectivity index (χ2v) is 4.39. The molecule has 2 N–H and O–H groups in total. The van der Waals surface area contributed by atoms with Crippen LogP contribution in [0.3, 0.4) is 0 Å². The Bertz CT molecular complexity index is 283. The lowest BCUT2D eigenvalue weighted by molar-refractivity contribution is 0.752. The summed E-state index contributed by atoms with van der Waals surface area (Å²) < 4.78 is 1.12. The molecule has 0 radical (unpaired) electrons. The van der Waals surface area contributed by atoms with Gasteiger partial charge in [0.2, 0.25) is 0 Å². The first-order valence-electron chi connectivity index (χ1n) is 4.52. The van der Waals surface area contributed by atoms with E-state index in [0.717, 1.165) is 24.0 Å². The zero-order valence-corrected chi connectivity index (χ0v) is 9.00. The Morgan fingerprint density at radius 1 is 1.31 bits per heavy atom. The van der Waals surface area contributed by atoms with Crippen LogP contribution in [0.4, 0.5) is 5.69 Å². The fraction of sp³-hybridized carbons (Fsp3) is 0.400. The minimum Gasteiger partial charge on any atom is -0.370 e. The number of hydrogen-bond donors (Lipinski definition) is 1. The maximum Gasteiger partial charge on any atom is 0.0367 e. The van der Waals surface area contributed by atoms with Crippen LogP contribution in [-0.4, -0.2) is 19.1 Å². The lowest BCUT2D eigenvalue weighted by atomic mass is 10.3. The van der Waals surface area contributed by atoms with Gasteiger partial charge in [0, 0.05) is 29.3 Å². The molecule has 1 aromatic rings. The van der Waals surface area contributed by atoms with Gasteiger partial charge in [-0.25, -0.2) is 0 Å². The van der Waals surface area contributed by atoms with E-state index in [0.29, 0.717) is 6.04 Å². The van der Waals surface area contributed by atoms with Crippen molar-refractivity contribution in [1.29, 1.82) is 0 Å². The summed E-state index contributed by atoms with van der Waals surface area (Å²) in [7, 11) is 0. The van der Waals surface area contributed by atoms with Crippen LogP contribution >= 0.6 is 15.9 Å². The molecular weight excluding hydrogens is 228 g/mol. The van der Waals surface area contributed by atoms with Gasteiger partial charge in [-0.1, -0.05) is 15.9 Å². The summed E-state index contributed by atoms with van der Waals surface area (Å²) in [6.45, 7) is 2.07. The second kappa shape index (κ2) is 3.68. The van der Waals surface area contributed by atoms with Gasteiger partial charge in [0.05, 0.1) is 0 Å². The maximum atomic E-state index is 5.84. The van der Waals surface area contributed by atoms with E-state index in [2.05, 4.69) is 45.1 Å². The van der Waals surface area contributed by atoms with E-state index in [1.54, 1.807) is 0 Å². The molecule has 1 atom stereocenters. The summed E-state index contributed by atoms with van der Waals surface area (Å²) in [6, 6.07) is 8.74. The molecule has 1 heterocycles. The van der Waals surface area contributed by atoms with Crippen molar-refractivity contribution in [2.24, 2.45) is 5.73 Å². The van der Waals surface area contributed by atoms with E-state index in [-0.39, 0.29) is 0 Å². The normalized spacial score (nSPS) is 22.3. The van der Waals surface area contributed by atoms with E-state index in [4.69, 9.17) is 5.73 Å². The van der Waals surface area contributed by atoms with Crippen LogP contribution in [0.5, 0.6) is 0 Å². The molecule has 0 aliphatic carbocycles. The van der Waals surface area contributed by atoms with E-state index in [9.17, 15) is 0 Å². The molecule has 0 bridgehead atoms. The number of benzene rings is 1. The Kier molecular flexibility index (Phi) is 2.56. The van der Waals surface area contributed by atoms with Crippen LogP contribution in [0.1, 0.15) is 6.42 Å². The molecule has 0 aromatic heterocycles. The molecule has 0 unspecified atom stereocenters. The van der Waals surface area contributed by atoms with Gasteiger partial charge in [-0.05, 0) is 30.7 Å². The fourth-order valence-electron chi connectivity index (χ4n) is 1.67. The highest BCUT2D eigenvalue weighted by Crippen LogP contribution is 2.21. The smallest absolute Gasteiger partial charge is 0.0367 e. The maximum absolute atomic E-state index is 5.84. The van der Waals surface area contributed by atoms with Gasteiger partial charge in [0.1, 0.15) is 0 Å². The SMILES string of the molecule is N[C@@H]1CCN(c2ccc(Br)cc2)C1. The molecule has 1 saturated heterocycles. The highest BCUT2D eigenvalue weighted by atomic mass is 79.9. The minimum atomic E-state index is 0.351. The quantitative estimate of drug-likeness (QED) is 0.814. The molecular formula is C10H13BrN2.